The molecule has 6 heteroatoms. The summed E-state index contributed by atoms with van der Waals surface area (Å²) in [6.07, 6.45) is 11.4. The predicted molar refractivity (Wildman–Crippen MR) is 103 cm³/mol. The normalized spacial score (nSPS) is 19.7. The average molecular weight is 372 g/mol. The van der Waals surface area contributed by atoms with Gasteiger partial charge >= 0.3 is 0 Å². The Kier molecular flexibility index (Phi) is 4.11. The molecule has 5 rings (SSSR count). The number of aromatic nitrogens is 2. The Morgan fingerprint density at radius 3 is 2.69 bits per heavy atom. The molecule has 26 heavy (non-hydrogen) atoms. The number of hydrogen-bond donors (Lipinski definition) is 1. The van der Waals surface area contributed by atoms with Crippen molar-refractivity contribution in [2.75, 3.05) is 0 Å². The van der Waals surface area contributed by atoms with Crippen LogP contribution in [-0.2, 0) is 24.2 Å². The van der Waals surface area contributed by atoms with Gasteiger partial charge in [-0.15, -0.1) is 11.3 Å². The van der Waals surface area contributed by atoms with Gasteiger partial charge in [-0.25, -0.2) is 4.98 Å². The van der Waals surface area contributed by atoms with Crippen molar-refractivity contribution in [1.29, 1.82) is 0 Å². The summed E-state index contributed by atoms with van der Waals surface area (Å²) in [7, 11) is 0. The third-order valence-corrected chi connectivity index (χ3v) is 7.31. The Balaban J connectivity index is 1.30. The maximum absolute atomic E-state index is 12.9. The Morgan fingerprint density at radius 2 is 1.96 bits per heavy atom. The summed E-state index contributed by atoms with van der Waals surface area (Å²) in [5, 5.41) is 4.05. The number of carbonyl (C=O) groups is 1. The summed E-state index contributed by atoms with van der Waals surface area (Å²) < 4.78 is 1.63. The first kappa shape index (κ1) is 16.5. The lowest BCUT2D eigenvalue weighted by atomic mass is 9.97. The van der Waals surface area contributed by atoms with Crippen molar-refractivity contribution in [1.82, 2.24) is 14.9 Å². The van der Waals surface area contributed by atoms with Crippen molar-refractivity contribution in [2.24, 2.45) is 11.8 Å². The van der Waals surface area contributed by atoms with Gasteiger partial charge in [0.05, 0.1) is 11.7 Å². The van der Waals surface area contributed by atoms with Crippen LogP contribution in [0.5, 0.6) is 0 Å². The van der Waals surface area contributed by atoms with Crippen molar-refractivity contribution in [3.05, 3.63) is 27.1 Å². The van der Waals surface area contributed by atoms with E-state index in [1.165, 1.54) is 42.5 Å². The van der Waals surface area contributed by atoms with Gasteiger partial charge in [0.2, 0.25) is 5.91 Å². The number of amides is 1. The highest BCUT2D eigenvalue weighted by molar-refractivity contribution is 7.18. The van der Waals surface area contributed by atoms with E-state index in [1.54, 1.807) is 22.2 Å². The zero-order valence-electron chi connectivity index (χ0n) is 15.0. The molecule has 0 aromatic carbocycles. The Morgan fingerprint density at radius 1 is 1.23 bits per heavy atom. The summed E-state index contributed by atoms with van der Waals surface area (Å²) in [6, 6.07) is 0.378. The summed E-state index contributed by atoms with van der Waals surface area (Å²) in [5.41, 5.74) is 1.25. The molecule has 0 radical (unpaired) electrons. The third kappa shape index (κ3) is 3.08. The highest BCUT2D eigenvalue weighted by Crippen LogP contribution is 2.44. The number of fused-ring (bicyclic) bond motifs is 3. The molecule has 2 fully saturated rings. The average Bonchev–Trinajstić information content (AvgIpc) is 3.55. The minimum Gasteiger partial charge on any atom is -0.353 e. The van der Waals surface area contributed by atoms with Gasteiger partial charge < -0.3 is 5.32 Å². The van der Waals surface area contributed by atoms with Gasteiger partial charge in [-0.1, -0.05) is 0 Å². The second-order valence-corrected chi connectivity index (χ2v) is 9.24. The van der Waals surface area contributed by atoms with Crippen LogP contribution in [0.1, 0.15) is 55.4 Å². The maximum Gasteiger partial charge on any atom is 0.262 e. The number of nitrogens with zero attached hydrogens (tertiary/aromatic N) is 2. The monoisotopic (exact) mass is 371 g/mol. The van der Waals surface area contributed by atoms with Crippen molar-refractivity contribution in [3.63, 3.8) is 0 Å². The zero-order chi connectivity index (χ0) is 17.7. The van der Waals surface area contributed by atoms with E-state index >= 15 is 0 Å². The molecule has 0 atom stereocenters. The topological polar surface area (TPSA) is 64.0 Å². The summed E-state index contributed by atoms with van der Waals surface area (Å²) in [5.74, 6) is 1.47. The number of thiophene rings is 1. The van der Waals surface area contributed by atoms with Crippen LogP contribution >= 0.6 is 11.3 Å². The molecule has 0 spiro atoms. The molecule has 0 aliphatic heterocycles. The van der Waals surface area contributed by atoms with Crippen LogP contribution in [0.4, 0.5) is 0 Å². The van der Waals surface area contributed by atoms with E-state index in [4.69, 9.17) is 0 Å². The predicted octanol–water partition coefficient (Wildman–Crippen LogP) is 3.03. The van der Waals surface area contributed by atoms with Crippen molar-refractivity contribution >= 4 is 27.5 Å². The van der Waals surface area contributed by atoms with Crippen molar-refractivity contribution in [3.8, 4) is 0 Å². The molecule has 5 nitrogen and oxygen atoms in total. The molecule has 2 aromatic rings. The van der Waals surface area contributed by atoms with Crippen LogP contribution in [0.2, 0.25) is 0 Å². The minimum atomic E-state index is 0.0307. The first-order chi connectivity index (χ1) is 12.7. The molecule has 3 aliphatic carbocycles. The first-order valence-corrected chi connectivity index (χ1v) is 10.8. The highest BCUT2D eigenvalue weighted by Gasteiger charge is 2.42. The van der Waals surface area contributed by atoms with E-state index in [0.717, 1.165) is 29.5 Å². The van der Waals surface area contributed by atoms with E-state index in [9.17, 15) is 9.59 Å². The fourth-order valence-corrected chi connectivity index (χ4v) is 5.57. The fraction of sp³-hybridized carbons (Fsp3) is 0.650. The lowest BCUT2D eigenvalue weighted by Crippen LogP contribution is -2.38. The highest BCUT2D eigenvalue weighted by atomic mass is 32.1. The second kappa shape index (κ2) is 6.48. The lowest BCUT2D eigenvalue weighted by Gasteiger charge is -2.17. The van der Waals surface area contributed by atoms with Crippen molar-refractivity contribution in [2.45, 2.75) is 70.4 Å². The van der Waals surface area contributed by atoms with Crippen LogP contribution < -0.4 is 10.9 Å². The van der Waals surface area contributed by atoms with Crippen LogP contribution in [0.25, 0.3) is 10.2 Å². The van der Waals surface area contributed by atoms with Crippen molar-refractivity contribution < 1.29 is 4.79 Å². The quantitative estimate of drug-likeness (QED) is 0.849. The smallest absolute Gasteiger partial charge is 0.262 e. The molecule has 2 aromatic heterocycles. The fourth-order valence-electron chi connectivity index (χ4n) is 4.35. The molecular formula is C20H25N3O2S. The second-order valence-electron chi connectivity index (χ2n) is 8.15. The van der Waals surface area contributed by atoms with E-state index in [0.29, 0.717) is 30.8 Å². The number of nitrogens with one attached hydrogen (secondary N) is 1. The van der Waals surface area contributed by atoms with Gasteiger partial charge in [0, 0.05) is 23.9 Å². The van der Waals surface area contributed by atoms with Crippen LogP contribution in [-0.4, -0.2) is 21.5 Å². The minimum absolute atomic E-state index is 0.0307. The molecule has 138 valence electrons. The standard InChI is InChI=1S/C20H25N3O2S/c24-16(22-18(12-5-6-12)13-7-8-13)9-10-23-11-21-19-17(20(23)25)14-3-1-2-4-15(14)26-19/h11-13,18H,1-10H2,(H,22,24). The van der Waals surface area contributed by atoms with Gasteiger partial charge in [0.15, 0.2) is 0 Å². The molecule has 2 saturated carbocycles. The lowest BCUT2D eigenvalue weighted by molar-refractivity contribution is -0.122. The van der Waals surface area contributed by atoms with E-state index < -0.39 is 0 Å². The molecule has 2 heterocycles. The van der Waals surface area contributed by atoms with Crippen LogP contribution in [0.3, 0.4) is 0 Å². The number of aryl methyl sites for hydroxylation is 3. The van der Waals surface area contributed by atoms with Gasteiger partial charge in [0.1, 0.15) is 4.83 Å². The van der Waals surface area contributed by atoms with Gasteiger partial charge in [0.25, 0.3) is 5.56 Å². The molecule has 0 unspecified atom stereocenters. The Hall–Kier alpha value is -1.69. The van der Waals surface area contributed by atoms with E-state index in [1.807, 2.05) is 0 Å². The van der Waals surface area contributed by atoms with Crippen LogP contribution in [0, 0.1) is 11.8 Å². The number of hydrogen-bond acceptors (Lipinski definition) is 4. The summed E-state index contributed by atoms with van der Waals surface area (Å²) in [6.45, 7) is 0.417. The maximum atomic E-state index is 12.9. The van der Waals surface area contributed by atoms with Gasteiger partial charge in [-0.3, -0.25) is 14.2 Å². The zero-order valence-corrected chi connectivity index (χ0v) is 15.8. The summed E-state index contributed by atoms with van der Waals surface area (Å²) in [4.78, 5) is 32.0. The molecule has 3 aliphatic rings. The molecule has 0 bridgehead atoms. The largest absolute Gasteiger partial charge is 0.353 e. The Labute approximate surface area is 156 Å². The van der Waals surface area contributed by atoms with E-state index in [-0.39, 0.29) is 11.5 Å². The van der Waals surface area contributed by atoms with Gasteiger partial charge in [-0.2, -0.15) is 0 Å². The van der Waals surface area contributed by atoms with Crippen LogP contribution in [0.15, 0.2) is 11.1 Å². The molecular weight excluding hydrogens is 346 g/mol. The Bertz CT molecular complexity index is 896. The SMILES string of the molecule is O=C(CCn1cnc2sc3c(c2c1=O)CCCC3)NC(C1CC1)C1CC1. The third-order valence-electron chi connectivity index (χ3n) is 6.11. The van der Waals surface area contributed by atoms with Gasteiger partial charge in [-0.05, 0) is 68.8 Å². The number of rotatable bonds is 6. The summed E-state index contributed by atoms with van der Waals surface area (Å²) >= 11 is 1.67. The van der Waals surface area contributed by atoms with E-state index in [2.05, 4.69) is 10.3 Å². The molecule has 0 saturated heterocycles. The number of carbonyl (C=O) groups excluding carboxylic acids is 1. The first-order valence-electron chi connectivity index (χ1n) is 10.00. The molecule has 1 N–H and O–H groups in total. The molecule has 1 amide bonds.